The molecule has 0 bridgehead atoms. The summed E-state index contributed by atoms with van der Waals surface area (Å²) >= 11 is 0. The van der Waals surface area contributed by atoms with Crippen molar-refractivity contribution in [1.29, 1.82) is 0 Å². The Balaban J connectivity index is 1.31. The standard InChI is InChI=1S/C20H20N6/c1-12-4-17-15(11-24-20(17)23-8-12)5-13-9-21-19(22-10-13)7-16-6-18(26-25-16)14-2-3-14/h4,6,8-11,14H,2-3,5,7H2,1H3,(H,23,24)(H,25,26). The number of fused-ring (bicyclic) bond motifs is 1. The van der Waals surface area contributed by atoms with Gasteiger partial charge in [0, 0.05) is 54.6 Å². The van der Waals surface area contributed by atoms with Crippen LogP contribution in [0.1, 0.15) is 52.7 Å². The van der Waals surface area contributed by atoms with Gasteiger partial charge in [0.05, 0.1) is 5.69 Å². The third kappa shape index (κ3) is 2.98. The maximum Gasteiger partial charge on any atom is 0.137 e. The maximum atomic E-state index is 4.54. The van der Waals surface area contributed by atoms with Gasteiger partial charge in [0.15, 0.2) is 0 Å². The number of aromatic nitrogens is 6. The number of hydrogen-bond acceptors (Lipinski definition) is 4. The van der Waals surface area contributed by atoms with E-state index in [4.69, 9.17) is 0 Å². The fraction of sp³-hybridized carbons (Fsp3) is 0.300. The largest absolute Gasteiger partial charge is 0.346 e. The number of hydrogen-bond donors (Lipinski definition) is 2. The number of pyridine rings is 1. The Morgan fingerprint density at radius 3 is 2.69 bits per heavy atom. The average Bonchev–Trinajstić information content (AvgIpc) is 3.28. The van der Waals surface area contributed by atoms with E-state index in [2.05, 4.69) is 49.2 Å². The van der Waals surface area contributed by atoms with Crippen molar-refractivity contribution < 1.29 is 0 Å². The molecule has 0 aromatic carbocycles. The molecule has 130 valence electrons. The minimum atomic E-state index is 0.664. The first kappa shape index (κ1) is 15.3. The van der Waals surface area contributed by atoms with Gasteiger partial charge in [-0.3, -0.25) is 5.10 Å². The van der Waals surface area contributed by atoms with Crippen molar-refractivity contribution in [2.75, 3.05) is 0 Å². The Labute approximate surface area is 151 Å². The van der Waals surface area contributed by atoms with Crippen LogP contribution in [0.4, 0.5) is 0 Å². The topological polar surface area (TPSA) is 83.1 Å². The van der Waals surface area contributed by atoms with E-state index >= 15 is 0 Å². The monoisotopic (exact) mass is 344 g/mol. The fourth-order valence-electron chi connectivity index (χ4n) is 3.32. The lowest BCUT2D eigenvalue weighted by atomic mass is 10.1. The molecule has 6 nitrogen and oxygen atoms in total. The summed E-state index contributed by atoms with van der Waals surface area (Å²) < 4.78 is 0. The smallest absolute Gasteiger partial charge is 0.137 e. The van der Waals surface area contributed by atoms with Crippen LogP contribution in [0.15, 0.2) is 36.9 Å². The Hall–Kier alpha value is -3.02. The minimum Gasteiger partial charge on any atom is -0.346 e. The van der Waals surface area contributed by atoms with E-state index in [-0.39, 0.29) is 0 Å². The molecule has 1 saturated carbocycles. The lowest BCUT2D eigenvalue weighted by molar-refractivity contribution is 0.894. The van der Waals surface area contributed by atoms with E-state index < -0.39 is 0 Å². The second kappa shape index (κ2) is 6.05. The summed E-state index contributed by atoms with van der Waals surface area (Å²) in [5, 5.41) is 8.66. The highest BCUT2D eigenvalue weighted by Gasteiger charge is 2.26. The van der Waals surface area contributed by atoms with Crippen LogP contribution in [0, 0.1) is 6.92 Å². The molecule has 0 atom stereocenters. The van der Waals surface area contributed by atoms with E-state index in [1.54, 1.807) is 0 Å². The van der Waals surface area contributed by atoms with Gasteiger partial charge in [-0.25, -0.2) is 15.0 Å². The summed E-state index contributed by atoms with van der Waals surface area (Å²) in [4.78, 5) is 16.7. The van der Waals surface area contributed by atoms with Crippen molar-refractivity contribution >= 4 is 11.0 Å². The summed E-state index contributed by atoms with van der Waals surface area (Å²) in [6.45, 7) is 2.06. The van der Waals surface area contributed by atoms with Gasteiger partial charge in [-0.1, -0.05) is 0 Å². The Morgan fingerprint density at radius 1 is 1.04 bits per heavy atom. The predicted molar refractivity (Wildman–Crippen MR) is 99.0 cm³/mol. The highest BCUT2D eigenvalue weighted by atomic mass is 15.1. The zero-order valence-corrected chi connectivity index (χ0v) is 14.7. The van der Waals surface area contributed by atoms with Crippen LogP contribution in [0.25, 0.3) is 11.0 Å². The molecule has 4 aromatic rings. The second-order valence-electron chi connectivity index (χ2n) is 7.18. The first-order valence-corrected chi connectivity index (χ1v) is 9.01. The molecule has 2 N–H and O–H groups in total. The van der Waals surface area contributed by atoms with Crippen molar-refractivity contribution in [3.8, 4) is 0 Å². The van der Waals surface area contributed by atoms with Gasteiger partial charge in [0.25, 0.3) is 0 Å². The van der Waals surface area contributed by atoms with E-state index in [0.717, 1.165) is 34.7 Å². The predicted octanol–water partition coefficient (Wildman–Crippen LogP) is 3.44. The lowest BCUT2D eigenvalue weighted by Crippen LogP contribution is -1.99. The molecule has 0 saturated heterocycles. The number of H-pyrrole nitrogens is 2. The van der Waals surface area contributed by atoms with Crippen molar-refractivity contribution in [3.63, 3.8) is 0 Å². The minimum absolute atomic E-state index is 0.664. The highest BCUT2D eigenvalue weighted by molar-refractivity contribution is 5.80. The van der Waals surface area contributed by atoms with Crippen molar-refractivity contribution in [3.05, 3.63) is 70.8 Å². The quantitative estimate of drug-likeness (QED) is 0.581. The summed E-state index contributed by atoms with van der Waals surface area (Å²) in [5.74, 6) is 1.48. The first-order valence-electron chi connectivity index (χ1n) is 9.01. The molecule has 0 amide bonds. The summed E-state index contributed by atoms with van der Waals surface area (Å²) in [5.41, 5.74) is 6.66. The molecule has 1 aliphatic rings. The normalized spacial score (nSPS) is 14.2. The fourth-order valence-corrected chi connectivity index (χ4v) is 3.32. The van der Waals surface area contributed by atoms with Crippen LogP contribution >= 0.6 is 0 Å². The molecule has 4 heterocycles. The Kier molecular flexibility index (Phi) is 3.55. The zero-order chi connectivity index (χ0) is 17.5. The Morgan fingerprint density at radius 2 is 1.88 bits per heavy atom. The van der Waals surface area contributed by atoms with Crippen molar-refractivity contribution in [2.24, 2.45) is 0 Å². The molecule has 0 unspecified atom stereocenters. The van der Waals surface area contributed by atoms with Crippen molar-refractivity contribution in [2.45, 2.75) is 38.5 Å². The molecular weight excluding hydrogens is 324 g/mol. The van der Waals surface area contributed by atoms with Gasteiger partial charge in [0.2, 0.25) is 0 Å². The number of rotatable bonds is 5. The second-order valence-corrected chi connectivity index (χ2v) is 7.18. The lowest BCUT2D eigenvalue weighted by Gasteiger charge is -2.02. The van der Waals surface area contributed by atoms with E-state index in [1.165, 1.54) is 29.5 Å². The molecule has 5 rings (SSSR count). The van der Waals surface area contributed by atoms with Crippen LogP contribution in [0.5, 0.6) is 0 Å². The zero-order valence-electron chi connectivity index (χ0n) is 14.7. The van der Waals surface area contributed by atoms with Gasteiger partial charge in [-0.2, -0.15) is 5.10 Å². The van der Waals surface area contributed by atoms with Crippen LogP contribution in [-0.4, -0.2) is 30.1 Å². The van der Waals surface area contributed by atoms with Crippen LogP contribution in [-0.2, 0) is 12.8 Å². The first-order chi connectivity index (χ1) is 12.7. The number of nitrogens with zero attached hydrogens (tertiary/aromatic N) is 4. The third-order valence-electron chi connectivity index (χ3n) is 4.90. The van der Waals surface area contributed by atoms with Gasteiger partial charge in [-0.15, -0.1) is 0 Å². The SMILES string of the molecule is Cc1cnc2[nH]cc(Cc3cnc(Cc4cc(C5CC5)n[nH]4)nc3)c2c1. The molecule has 1 fully saturated rings. The van der Waals surface area contributed by atoms with E-state index in [1.807, 2.05) is 24.8 Å². The summed E-state index contributed by atoms with van der Waals surface area (Å²) in [6, 6.07) is 4.31. The average molecular weight is 344 g/mol. The summed E-state index contributed by atoms with van der Waals surface area (Å²) in [6.07, 6.45) is 11.7. The molecule has 0 radical (unpaired) electrons. The van der Waals surface area contributed by atoms with Gasteiger partial charge < -0.3 is 4.98 Å². The van der Waals surface area contributed by atoms with Gasteiger partial charge >= 0.3 is 0 Å². The highest BCUT2D eigenvalue weighted by Crippen LogP contribution is 2.39. The molecular formula is C20H20N6. The number of aromatic amines is 2. The van der Waals surface area contributed by atoms with E-state index in [0.29, 0.717) is 12.3 Å². The van der Waals surface area contributed by atoms with Gasteiger partial charge in [0.1, 0.15) is 11.5 Å². The Bertz CT molecular complexity index is 1060. The van der Waals surface area contributed by atoms with Crippen molar-refractivity contribution in [1.82, 2.24) is 30.1 Å². The van der Waals surface area contributed by atoms with Crippen LogP contribution in [0.2, 0.25) is 0 Å². The van der Waals surface area contributed by atoms with Crippen LogP contribution < -0.4 is 0 Å². The molecule has 0 spiro atoms. The molecule has 4 aromatic heterocycles. The molecule has 6 heteroatoms. The van der Waals surface area contributed by atoms with E-state index in [9.17, 15) is 0 Å². The molecule has 0 aliphatic heterocycles. The van der Waals surface area contributed by atoms with Gasteiger partial charge in [-0.05, 0) is 48.6 Å². The molecule has 1 aliphatic carbocycles. The maximum absolute atomic E-state index is 4.54. The van der Waals surface area contributed by atoms with Crippen LogP contribution in [0.3, 0.4) is 0 Å². The number of nitrogens with one attached hydrogen (secondary N) is 2. The summed E-state index contributed by atoms with van der Waals surface area (Å²) in [7, 11) is 0. The number of aryl methyl sites for hydroxylation is 1. The third-order valence-corrected chi connectivity index (χ3v) is 4.90. The molecule has 26 heavy (non-hydrogen) atoms.